The summed E-state index contributed by atoms with van der Waals surface area (Å²) < 4.78 is 7.35. The largest absolute Gasteiger partial charge is 0.467 e. The molecule has 4 aromatic rings. The van der Waals surface area contributed by atoms with Gasteiger partial charge in [-0.1, -0.05) is 18.2 Å². The summed E-state index contributed by atoms with van der Waals surface area (Å²) in [5, 5.41) is 0. The summed E-state index contributed by atoms with van der Waals surface area (Å²) in [6.45, 7) is 2.42. The molecule has 6 heteroatoms. The van der Waals surface area contributed by atoms with Gasteiger partial charge in [0.1, 0.15) is 23.9 Å². The van der Waals surface area contributed by atoms with Crippen molar-refractivity contribution in [3.05, 3.63) is 78.6 Å². The predicted octanol–water partition coefficient (Wildman–Crippen LogP) is 3.57. The molecule has 0 unspecified atom stereocenters. The van der Waals surface area contributed by atoms with E-state index in [4.69, 9.17) is 4.42 Å². The lowest BCUT2D eigenvalue weighted by Gasteiger charge is -2.21. The molecule has 0 aliphatic carbocycles. The van der Waals surface area contributed by atoms with Crippen LogP contribution in [0.3, 0.4) is 0 Å². The topological polar surface area (TPSA) is 64.2 Å². The minimum atomic E-state index is -0.0775. The number of aryl methyl sites for hydroxylation is 1. The van der Waals surface area contributed by atoms with Crippen LogP contribution < -0.4 is 4.90 Å². The molecule has 0 bridgehead atoms. The quantitative estimate of drug-likeness (QED) is 0.554. The molecule has 0 saturated carbocycles. The van der Waals surface area contributed by atoms with Gasteiger partial charge in [0.2, 0.25) is 5.91 Å². The van der Waals surface area contributed by atoms with E-state index in [1.165, 1.54) is 0 Å². The van der Waals surface area contributed by atoms with Gasteiger partial charge in [0.25, 0.3) is 0 Å². The van der Waals surface area contributed by atoms with E-state index >= 15 is 0 Å². The number of rotatable bonds is 5. The van der Waals surface area contributed by atoms with Crippen LogP contribution in [-0.4, -0.2) is 20.4 Å². The molecule has 0 spiro atoms. The van der Waals surface area contributed by atoms with Gasteiger partial charge in [0.15, 0.2) is 0 Å². The van der Waals surface area contributed by atoms with Crippen molar-refractivity contribution in [3.63, 3.8) is 0 Å². The maximum atomic E-state index is 13.1. The van der Waals surface area contributed by atoms with Crippen LogP contribution in [0.4, 0.5) is 5.82 Å². The molecule has 0 atom stereocenters. The van der Waals surface area contributed by atoms with Crippen molar-refractivity contribution in [1.29, 1.82) is 0 Å². The number of hydrogen-bond donors (Lipinski definition) is 0. The summed E-state index contributed by atoms with van der Waals surface area (Å²) in [6.07, 6.45) is 3.28. The maximum Gasteiger partial charge on any atom is 0.248 e. The van der Waals surface area contributed by atoms with Gasteiger partial charge in [-0.2, -0.15) is 0 Å². The van der Waals surface area contributed by atoms with Gasteiger partial charge < -0.3 is 8.98 Å². The molecule has 1 amide bonds. The molecular formula is C20H18N4O2. The number of nitrogens with zero attached hydrogens (tertiary/aromatic N) is 4. The highest BCUT2D eigenvalue weighted by molar-refractivity contribution is 5.93. The van der Waals surface area contributed by atoms with Crippen LogP contribution in [0.1, 0.15) is 11.6 Å². The van der Waals surface area contributed by atoms with Crippen LogP contribution in [0.5, 0.6) is 0 Å². The molecule has 6 nitrogen and oxygen atoms in total. The fourth-order valence-corrected chi connectivity index (χ4v) is 2.98. The second-order valence-electron chi connectivity index (χ2n) is 5.98. The Balaban J connectivity index is 1.67. The molecule has 3 heterocycles. The van der Waals surface area contributed by atoms with Crippen LogP contribution >= 0.6 is 0 Å². The number of pyridine rings is 1. The highest BCUT2D eigenvalue weighted by atomic mass is 16.3. The number of anilines is 1. The Morgan fingerprint density at radius 1 is 1.12 bits per heavy atom. The first-order valence-electron chi connectivity index (χ1n) is 8.38. The first-order chi connectivity index (χ1) is 12.7. The monoisotopic (exact) mass is 346 g/mol. The molecule has 0 N–H and O–H groups in total. The number of para-hydroxylation sites is 2. The van der Waals surface area contributed by atoms with Gasteiger partial charge in [-0.15, -0.1) is 0 Å². The number of furan rings is 1. The number of fused-ring (bicyclic) bond motifs is 1. The highest BCUT2D eigenvalue weighted by Crippen LogP contribution is 2.19. The molecule has 0 saturated heterocycles. The molecule has 0 aliphatic heterocycles. The van der Waals surface area contributed by atoms with Gasteiger partial charge in [0, 0.05) is 6.20 Å². The summed E-state index contributed by atoms with van der Waals surface area (Å²) in [6, 6.07) is 17.0. The summed E-state index contributed by atoms with van der Waals surface area (Å²) in [4.78, 5) is 23.6. The van der Waals surface area contributed by atoms with Crippen molar-refractivity contribution in [2.75, 3.05) is 4.90 Å². The molecular weight excluding hydrogens is 328 g/mol. The smallest absolute Gasteiger partial charge is 0.248 e. The van der Waals surface area contributed by atoms with Gasteiger partial charge in [0.05, 0.1) is 23.8 Å². The Hall–Kier alpha value is -3.41. The average Bonchev–Trinajstić information content (AvgIpc) is 3.28. The molecule has 26 heavy (non-hydrogen) atoms. The number of carbonyl (C=O) groups is 1. The van der Waals surface area contributed by atoms with Crippen molar-refractivity contribution >= 4 is 22.8 Å². The Labute approximate surface area is 150 Å². The first kappa shape index (κ1) is 16.1. The van der Waals surface area contributed by atoms with E-state index in [0.29, 0.717) is 18.1 Å². The Morgan fingerprint density at radius 3 is 2.73 bits per heavy atom. The zero-order valence-electron chi connectivity index (χ0n) is 14.4. The lowest BCUT2D eigenvalue weighted by molar-refractivity contribution is -0.119. The normalized spacial score (nSPS) is 11.0. The Kier molecular flexibility index (Phi) is 4.23. The lowest BCUT2D eigenvalue weighted by atomic mass is 10.3. The van der Waals surface area contributed by atoms with Gasteiger partial charge in [-0.05, 0) is 43.3 Å². The highest BCUT2D eigenvalue weighted by Gasteiger charge is 2.20. The van der Waals surface area contributed by atoms with Crippen LogP contribution in [0.25, 0.3) is 11.0 Å². The van der Waals surface area contributed by atoms with Gasteiger partial charge >= 0.3 is 0 Å². The second-order valence-corrected chi connectivity index (χ2v) is 5.98. The fourth-order valence-electron chi connectivity index (χ4n) is 2.98. The zero-order valence-corrected chi connectivity index (χ0v) is 14.4. The minimum Gasteiger partial charge on any atom is -0.467 e. The average molecular weight is 346 g/mol. The number of amides is 1. The molecule has 0 aliphatic rings. The number of hydrogen-bond acceptors (Lipinski definition) is 4. The van der Waals surface area contributed by atoms with Crippen molar-refractivity contribution in [3.8, 4) is 0 Å². The summed E-state index contributed by atoms with van der Waals surface area (Å²) >= 11 is 0. The first-order valence-corrected chi connectivity index (χ1v) is 8.38. The van der Waals surface area contributed by atoms with Crippen molar-refractivity contribution in [1.82, 2.24) is 14.5 Å². The van der Waals surface area contributed by atoms with Crippen molar-refractivity contribution in [2.45, 2.75) is 20.0 Å². The Bertz CT molecular complexity index is 1020. The third-order valence-corrected chi connectivity index (χ3v) is 4.26. The Morgan fingerprint density at radius 2 is 1.96 bits per heavy atom. The van der Waals surface area contributed by atoms with Crippen LogP contribution in [0.2, 0.25) is 0 Å². The molecule has 1 aromatic carbocycles. The second kappa shape index (κ2) is 6.84. The molecule has 0 radical (unpaired) electrons. The molecule has 0 fully saturated rings. The minimum absolute atomic E-state index is 0.0775. The molecule has 4 rings (SSSR count). The summed E-state index contributed by atoms with van der Waals surface area (Å²) in [7, 11) is 0. The van der Waals surface area contributed by atoms with E-state index in [2.05, 4.69) is 9.97 Å². The van der Waals surface area contributed by atoms with E-state index in [1.807, 2.05) is 66.1 Å². The SMILES string of the molecule is Cc1nc2ccccc2n1CC(=O)N(Cc1ccco1)c1ccccn1. The fraction of sp³-hybridized carbons (Fsp3) is 0.150. The summed E-state index contributed by atoms with van der Waals surface area (Å²) in [5.41, 5.74) is 1.82. The number of benzene rings is 1. The van der Waals surface area contributed by atoms with E-state index in [-0.39, 0.29) is 12.5 Å². The van der Waals surface area contributed by atoms with E-state index in [0.717, 1.165) is 16.9 Å². The van der Waals surface area contributed by atoms with E-state index in [9.17, 15) is 4.79 Å². The third-order valence-electron chi connectivity index (χ3n) is 4.26. The molecule has 3 aromatic heterocycles. The van der Waals surface area contributed by atoms with E-state index in [1.54, 1.807) is 17.4 Å². The zero-order chi connectivity index (χ0) is 17.9. The number of carbonyl (C=O) groups excluding carboxylic acids is 1. The van der Waals surface area contributed by atoms with Crippen LogP contribution in [0.15, 0.2) is 71.5 Å². The summed E-state index contributed by atoms with van der Waals surface area (Å²) in [5.74, 6) is 2.03. The standard InChI is InChI=1S/C20H18N4O2/c1-15-22-17-8-2-3-9-18(17)23(15)14-20(25)24(13-16-7-6-12-26-16)19-10-4-5-11-21-19/h2-12H,13-14H2,1H3. The predicted molar refractivity (Wildman–Crippen MR) is 98.6 cm³/mol. The van der Waals surface area contributed by atoms with Crippen molar-refractivity contribution in [2.24, 2.45) is 0 Å². The van der Waals surface area contributed by atoms with Gasteiger partial charge in [-0.3, -0.25) is 9.69 Å². The number of aromatic nitrogens is 3. The number of imidazole rings is 1. The molecule has 130 valence electrons. The van der Waals surface area contributed by atoms with Gasteiger partial charge in [-0.25, -0.2) is 9.97 Å². The maximum absolute atomic E-state index is 13.1. The van der Waals surface area contributed by atoms with Crippen molar-refractivity contribution < 1.29 is 9.21 Å². The lowest BCUT2D eigenvalue weighted by Crippen LogP contribution is -2.34. The van der Waals surface area contributed by atoms with E-state index < -0.39 is 0 Å². The van der Waals surface area contributed by atoms with Crippen LogP contribution in [0, 0.1) is 6.92 Å². The third kappa shape index (κ3) is 3.09. The van der Waals surface area contributed by atoms with Crippen LogP contribution in [-0.2, 0) is 17.9 Å².